The van der Waals surface area contributed by atoms with E-state index in [1.54, 1.807) is 0 Å². The minimum Gasteiger partial charge on any atom is -0.282 e. The average molecular weight is 364 g/mol. The molecule has 1 aliphatic rings. The molecular formula is C24H29NO2. The van der Waals surface area contributed by atoms with Crippen LogP contribution < -0.4 is 0 Å². The van der Waals surface area contributed by atoms with Crippen LogP contribution in [0.3, 0.4) is 0 Å². The number of likely N-dealkylation sites (tertiary alicyclic amines) is 1. The van der Waals surface area contributed by atoms with E-state index in [0.717, 1.165) is 24.0 Å². The van der Waals surface area contributed by atoms with Crippen LogP contribution in [0.5, 0.6) is 0 Å². The lowest BCUT2D eigenvalue weighted by atomic mass is 9.83. The van der Waals surface area contributed by atoms with Crippen LogP contribution in [0.2, 0.25) is 0 Å². The maximum absolute atomic E-state index is 13.2. The molecule has 1 aliphatic heterocycles. The number of carbonyl (C=O) groups is 2. The lowest BCUT2D eigenvalue weighted by molar-refractivity contribution is -0.139. The van der Waals surface area contributed by atoms with Gasteiger partial charge in [0.15, 0.2) is 0 Å². The van der Waals surface area contributed by atoms with Gasteiger partial charge in [-0.2, -0.15) is 0 Å². The van der Waals surface area contributed by atoms with Gasteiger partial charge in [-0.1, -0.05) is 99.7 Å². The van der Waals surface area contributed by atoms with Gasteiger partial charge in [-0.3, -0.25) is 14.5 Å². The molecule has 1 saturated heterocycles. The molecule has 0 unspecified atom stereocenters. The Kier molecular flexibility index (Phi) is 6.80. The molecule has 0 N–H and O–H groups in total. The van der Waals surface area contributed by atoms with Gasteiger partial charge in [0, 0.05) is 6.54 Å². The van der Waals surface area contributed by atoms with Gasteiger partial charge in [-0.05, 0) is 17.5 Å². The van der Waals surface area contributed by atoms with Crippen LogP contribution in [-0.4, -0.2) is 23.3 Å². The number of rotatable bonds is 9. The first kappa shape index (κ1) is 19.3. The van der Waals surface area contributed by atoms with Gasteiger partial charge in [0.2, 0.25) is 11.8 Å². The summed E-state index contributed by atoms with van der Waals surface area (Å²) in [5.41, 5.74) is 1.85. The second-order valence-corrected chi connectivity index (χ2v) is 7.37. The van der Waals surface area contributed by atoms with Crippen molar-refractivity contribution in [3.63, 3.8) is 0 Å². The number of nitrogens with zero attached hydrogens (tertiary/aromatic N) is 1. The summed E-state index contributed by atoms with van der Waals surface area (Å²) in [6, 6.07) is 19.5. The Bertz CT molecular complexity index is 684. The van der Waals surface area contributed by atoms with Crippen molar-refractivity contribution in [2.75, 3.05) is 6.54 Å². The first-order valence-electron chi connectivity index (χ1n) is 10.2. The normalized spacial score (nSPS) is 19.7. The summed E-state index contributed by atoms with van der Waals surface area (Å²) in [4.78, 5) is 27.9. The van der Waals surface area contributed by atoms with Gasteiger partial charge in [0.05, 0.1) is 11.8 Å². The van der Waals surface area contributed by atoms with Crippen LogP contribution in [-0.2, 0) is 9.59 Å². The quantitative estimate of drug-likeness (QED) is 0.449. The van der Waals surface area contributed by atoms with Gasteiger partial charge < -0.3 is 0 Å². The summed E-state index contributed by atoms with van der Waals surface area (Å²) in [6.45, 7) is 2.74. The highest BCUT2D eigenvalue weighted by molar-refractivity contribution is 6.10. The van der Waals surface area contributed by atoms with Crippen molar-refractivity contribution >= 4 is 11.8 Å². The molecule has 0 spiro atoms. The molecule has 2 atom stereocenters. The topological polar surface area (TPSA) is 37.4 Å². The molecule has 0 saturated carbocycles. The van der Waals surface area contributed by atoms with E-state index < -0.39 is 11.8 Å². The van der Waals surface area contributed by atoms with Gasteiger partial charge in [0.1, 0.15) is 0 Å². The third-order valence-corrected chi connectivity index (χ3v) is 5.45. The van der Waals surface area contributed by atoms with E-state index in [9.17, 15) is 9.59 Å². The molecule has 0 bridgehead atoms. The van der Waals surface area contributed by atoms with Crippen molar-refractivity contribution < 1.29 is 9.59 Å². The first-order chi connectivity index (χ1) is 13.2. The minimum atomic E-state index is -0.416. The van der Waals surface area contributed by atoms with Crippen molar-refractivity contribution in [2.24, 2.45) is 0 Å². The van der Waals surface area contributed by atoms with Crippen LogP contribution >= 0.6 is 0 Å². The number of amides is 2. The molecule has 1 fully saturated rings. The standard InChI is InChI=1S/C24H29NO2/c1-2-3-4-5-6-13-18-25-23(26)21(19-14-9-7-10-15-19)22(24(25)27)20-16-11-8-12-17-20/h7-12,14-17,21-22H,2-6,13,18H2,1H3/t21-,22-/m0/s1. The number of unbranched alkanes of at least 4 members (excludes halogenated alkanes) is 5. The summed E-state index contributed by atoms with van der Waals surface area (Å²) < 4.78 is 0. The summed E-state index contributed by atoms with van der Waals surface area (Å²) in [5.74, 6) is -0.926. The van der Waals surface area contributed by atoms with E-state index in [4.69, 9.17) is 0 Å². The molecule has 3 nitrogen and oxygen atoms in total. The van der Waals surface area contributed by atoms with Crippen LogP contribution in [0.15, 0.2) is 60.7 Å². The predicted molar refractivity (Wildman–Crippen MR) is 108 cm³/mol. The molecule has 0 radical (unpaired) electrons. The molecule has 2 aromatic rings. The third-order valence-electron chi connectivity index (χ3n) is 5.45. The monoisotopic (exact) mass is 363 g/mol. The molecule has 1 heterocycles. The summed E-state index contributed by atoms with van der Waals surface area (Å²) >= 11 is 0. The lowest BCUT2D eigenvalue weighted by Crippen LogP contribution is -2.31. The smallest absolute Gasteiger partial charge is 0.237 e. The molecule has 0 aliphatic carbocycles. The number of benzene rings is 2. The average Bonchev–Trinajstić information content (AvgIpc) is 2.96. The molecule has 3 heteroatoms. The van der Waals surface area contributed by atoms with Crippen molar-refractivity contribution in [2.45, 2.75) is 57.3 Å². The maximum Gasteiger partial charge on any atom is 0.237 e. The zero-order chi connectivity index (χ0) is 19.1. The predicted octanol–water partition coefficient (Wildman–Crippen LogP) is 5.28. The zero-order valence-electron chi connectivity index (χ0n) is 16.1. The van der Waals surface area contributed by atoms with E-state index in [0.29, 0.717) is 6.54 Å². The third kappa shape index (κ3) is 4.47. The van der Waals surface area contributed by atoms with Crippen molar-refractivity contribution in [3.05, 3.63) is 71.8 Å². The SMILES string of the molecule is CCCCCCCCN1C(=O)[C@@H](c2ccccc2)[C@H](c2ccccc2)C1=O. The molecular weight excluding hydrogens is 334 g/mol. The highest BCUT2D eigenvalue weighted by Crippen LogP contribution is 2.41. The van der Waals surface area contributed by atoms with Gasteiger partial charge >= 0.3 is 0 Å². The van der Waals surface area contributed by atoms with E-state index in [-0.39, 0.29) is 11.8 Å². The van der Waals surface area contributed by atoms with Crippen molar-refractivity contribution in [3.8, 4) is 0 Å². The number of hydrogen-bond donors (Lipinski definition) is 0. The van der Waals surface area contributed by atoms with Gasteiger partial charge in [0.25, 0.3) is 0 Å². The fourth-order valence-corrected chi connectivity index (χ4v) is 3.99. The number of imide groups is 1. The van der Waals surface area contributed by atoms with E-state index in [2.05, 4.69) is 6.92 Å². The Balaban J connectivity index is 1.77. The molecule has 142 valence electrons. The van der Waals surface area contributed by atoms with Crippen LogP contribution in [0.25, 0.3) is 0 Å². The maximum atomic E-state index is 13.2. The van der Waals surface area contributed by atoms with Crippen molar-refractivity contribution in [1.29, 1.82) is 0 Å². The Morgan fingerprint density at radius 1 is 0.667 bits per heavy atom. The van der Waals surface area contributed by atoms with Gasteiger partial charge in [-0.15, -0.1) is 0 Å². The summed E-state index contributed by atoms with van der Waals surface area (Å²) in [7, 11) is 0. The van der Waals surface area contributed by atoms with Crippen LogP contribution in [0.4, 0.5) is 0 Å². The number of hydrogen-bond acceptors (Lipinski definition) is 2. The van der Waals surface area contributed by atoms with E-state index in [1.165, 1.54) is 30.6 Å². The Hall–Kier alpha value is -2.42. The molecule has 2 aromatic carbocycles. The first-order valence-corrected chi connectivity index (χ1v) is 10.2. The fraction of sp³-hybridized carbons (Fsp3) is 0.417. The summed E-state index contributed by atoms with van der Waals surface area (Å²) in [6.07, 6.45) is 6.85. The summed E-state index contributed by atoms with van der Waals surface area (Å²) in [5, 5.41) is 0. The van der Waals surface area contributed by atoms with Crippen LogP contribution in [0, 0.1) is 0 Å². The fourth-order valence-electron chi connectivity index (χ4n) is 3.99. The molecule has 2 amide bonds. The Labute approximate surface area is 162 Å². The van der Waals surface area contributed by atoms with Crippen molar-refractivity contribution in [1.82, 2.24) is 4.90 Å². The Morgan fingerprint density at radius 3 is 1.59 bits per heavy atom. The zero-order valence-corrected chi connectivity index (χ0v) is 16.1. The highest BCUT2D eigenvalue weighted by atomic mass is 16.2. The van der Waals surface area contributed by atoms with Gasteiger partial charge in [-0.25, -0.2) is 0 Å². The second-order valence-electron chi connectivity index (χ2n) is 7.37. The van der Waals surface area contributed by atoms with Crippen LogP contribution in [0.1, 0.15) is 68.4 Å². The molecule has 3 rings (SSSR count). The minimum absolute atomic E-state index is 0.0476. The molecule has 0 aromatic heterocycles. The van der Waals surface area contributed by atoms with E-state index in [1.807, 2.05) is 60.7 Å². The largest absolute Gasteiger partial charge is 0.282 e. The second kappa shape index (κ2) is 9.50. The van der Waals surface area contributed by atoms with E-state index >= 15 is 0 Å². The highest BCUT2D eigenvalue weighted by Gasteiger charge is 2.48. The molecule has 27 heavy (non-hydrogen) atoms. The lowest BCUT2D eigenvalue weighted by Gasteiger charge is -2.15. The Morgan fingerprint density at radius 2 is 1.11 bits per heavy atom. The number of carbonyl (C=O) groups excluding carboxylic acids is 2.